The number of sulfone groups is 1. The van der Waals surface area contributed by atoms with Crippen LogP contribution >= 0.6 is 0 Å². The molecule has 1 aliphatic heterocycles. The summed E-state index contributed by atoms with van der Waals surface area (Å²) < 4.78 is 24.3. The molecule has 7 heteroatoms. The van der Waals surface area contributed by atoms with E-state index in [1.165, 1.54) is 17.9 Å². The lowest BCUT2D eigenvalue weighted by atomic mass is 10.1. The molecule has 124 valence electrons. The van der Waals surface area contributed by atoms with Crippen molar-refractivity contribution >= 4 is 33.0 Å². The van der Waals surface area contributed by atoms with E-state index in [-0.39, 0.29) is 29.0 Å². The van der Waals surface area contributed by atoms with Gasteiger partial charge in [0, 0.05) is 24.7 Å². The lowest BCUT2D eigenvalue weighted by molar-refractivity contribution is -0.114. The number of hydrogen-bond donors (Lipinski definition) is 1. The molecule has 0 spiro atoms. The van der Waals surface area contributed by atoms with E-state index < -0.39 is 9.84 Å². The highest BCUT2D eigenvalue weighted by Crippen LogP contribution is 2.31. The zero-order valence-electron chi connectivity index (χ0n) is 13.0. The second-order valence-corrected chi connectivity index (χ2v) is 7.58. The maximum Gasteiger partial charge on any atom is 0.258 e. The molecule has 0 fully saturated rings. The molecule has 0 aromatic heterocycles. The minimum Gasteiger partial charge on any atom is -0.326 e. The molecule has 2 amide bonds. The Morgan fingerprint density at radius 1 is 1.04 bits per heavy atom. The molecule has 2 aromatic rings. The van der Waals surface area contributed by atoms with Gasteiger partial charge in [-0.15, -0.1) is 0 Å². The predicted octanol–water partition coefficient (Wildman–Crippen LogP) is 2.08. The molecule has 0 saturated heterocycles. The van der Waals surface area contributed by atoms with Crippen molar-refractivity contribution in [3.8, 4) is 0 Å². The smallest absolute Gasteiger partial charge is 0.258 e. The number of fused-ring (bicyclic) bond motifs is 1. The monoisotopic (exact) mass is 344 g/mol. The number of rotatable bonds is 2. The van der Waals surface area contributed by atoms with Gasteiger partial charge >= 0.3 is 0 Å². The number of carbonyl (C=O) groups excluding carboxylic acids is 2. The fourth-order valence-electron chi connectivity index (χ4n) is 2.65. The van der Waals surface area contributed by atoms with Crippen LogP contribution in [0.25, 0.3) is 0 Å². The van der Waals surface area contributed by atoms with Gasteiger partial charge in [0.05, 0.1) is 16.3 Å². The standard InChI is InChI=1S/C17H16N2O4S/c1-12(20)18-14-8-6-13(7-9-14)17(21)19-10-11-24(22,23)16-5-3-2-4-15(16)19/h2-9H,10-11H2,1H3,(H,18,20). The normalized spacial score (nSPS) is 15.5. The average molecular weight is 344 g/mol. The van der Waals surface area contributed by atoms with Crippen LogP contribution in [-0.4, -0.2) is 32.5 Å². The van der Waals surface area contributed by atoms with Crippen LogP contribution in [0.4, 0.5) is 11.4 Å². The zero-order chi connectivity index (χ0) is 17.3. The van der Waals surface area contributed by atoms with E-state index in [2.05, 4.69) is 5.32 Å². The number of hydrogen-bond acceptors (Lipinski definition) is 4. The first-order valence-electron chi connectivity index (χ1n) is 7.40. The van der Waals surface area contributed by atoms with Crippen molar-refractivity contribution in [1.82, 2.24) is 0 Å². The summed E-state index contributed by atoms with van der Waals surface area (Å²) in [5.74, 6) is -0.560. The number of carbonyl (C=O) groups is 2. The minimum absolute atomic E-state index is 0.0975. The molecule has 1 N–H and O–H groups in total. The maximum atomic E-state index is 12.8. The summed E-state index contributed by atoms with van der Waals surface area (Å²) in [7, 11) is -3.35. The van der Waals surface area contributed by atoms with Gasteiger partial charge in [0.1, 0.15) is 0 Å². The number of nitrogens with zero attached hydrogens (tertiary/aromatic N) is 1. The minimum atomic E-state index is -3.35. The fourth-order valence-corrected chi connectivity index (χ4v) is 4.08. The van der Waals surface area contributed by atoms with Crippen LogP contribution in [0.3, 0.4) is 0 Å². The lowest BCUT2D eigenvalue weighted by Crippen LogP contribution is -2.39. The molecule has 0 unspecified atom stereocenters. The van der Waals surface area contributed by atoms with Crippen molar-refractivity contribution in [2.75, 3.05) is 22.5 Å². The van der Waals surface area contributed by atoms with Crippen LogP contribution in [-0.2, 0) is 14.6 Å². The molecule has 0 bridgehead atoms. The summed E-state index contributed by atoms with van der Waals surface area (Å²) in [5, 5.41) is 2.63. The third kappa shape index (κ3) is 3.03. The Balaban J connectivity index is 1.92. The maximum absolute atomic E-state index is 12.8. The van der Waals surface area contributed by atoms with E-state index in [1.807, 2.05) is 0 Å². The Hall–Kier alpha value is -2.67. The quantitative estimate of drug-likeness (QED) is 0.904. The summed E-state index contributed by atoms with van der Waals surface area (Å²) in [5.41, 5.74) is 1.43. The highest BCUT2D eigenvalue weighted by Gasteiger charge is 2.31. The van der Waals surface area contributed by atoms with Crippen molar-refractivity contribution in [3.63, 3.8) is 0 Å². The Kier molecular flexibility index (Phi) is 4.11. The molecule has 1 heterocycles. The molecule has 2 aromatic carbocycles. The highest BCUT2D eigenvalue weighted by molar-refractivity contribution is 7.91. The van der Waals surface area contributed by atoms with Crippen LogP contribution in [0.15, 0.2) is 53.4 Å². The molecule has 0 atom stereocenters. The third-order valence-electron chi connectivity index (χ3n) is 3.77. The van der Waals surface area contributed by atoms with Gasteiger partial charge in [0.2, 0.25) is 5.91 Å². The predicted molar refractivity (Wildman–Crippen MR) is 90.9 cm³/mol. The van der Waals surface area contributed by atoms with Gasteiger partial charge in [0.15, 0.2) is 9.84 Å². The molecule has 3 rings (SSSR count). The van der Waals surface area contributed by atoms with Gasteiger partial charge < -0.3 is 10.2 Å². The highest BCUT2D eigenvalue weighted by atomic mass is 32.2. The fraction of sp³-hybridized carbons (Fsp3) is 0.176. The molecule has 0 aliphatic carbocycles. The average Bonchev–Trinajstić information content (AvgIpc) is 2.55. The van der Waals surface area contributed by atoms with Crippen molar-refractivity contribution in [1.29, 1.82) is 0 Å². The van der Waals surface area contributed by atoms with Crippen LogP contribution < -0.4 is 10.2 Å². The van der Waals surface area contributed by atoms with E-state index in [0.717, 1.165) is 0 Å². The van der Waals surface area contributed by atoms with Gasteiger partial charge in [-0.05, 0) is 36.4 Å². The van der Waals surface area contributed by atoms with Crippen molar-refractivity contribution in [2.45, 2.75) is 11.8 Å². The first-order chi connectivity index (χ1) is 11.4. The van der Waals surface area contributed by atoms with Crippen LogP contribution in [0.5, 0.6) is 0 Å². The van der Waals surface area contributed by atoms with Gasteiger partial charge in [0.25, 0.3) is 5.91 Å². The number of amides is 2. The van der Waals surface area contributed by atoms with E-state index in [4.69, 9.17) is 0 Å². The number of benzene rings is 2. The third-order valence-corrected chi connectivity index (χ3v) is 5.51. The largest absolute Gasteiger partial charge is 0.326 e. The van der Waals surface area contributed by atoms with Gasteiger partial charge in [-0.25, -0.2) is 8.42 Å². The van der Waals surface area contributed by atoms with Gasteiger partial charge in [-0.1, -0.05) is 12.1 Å². The molecule has 0 radical (unpaired) electrons. The van der Waals surface area contributed by atoms with Crippen LogP contribution in [0.1, 0.15) is 17.3 Å². The van der Waals surface area contributed by atoms with Crippen LogP contribution in [0, 0.1) is 0 Å². The summed E-state index contributed by atoms with van der Waals surface area (Å²) in [4.78, 5) is 25.4. The summed E-state index contributed by atoms with van der Waals surface area (Å²) in [6.45, 7) is 1.52. The SMILES string of the molecule is CC(=O)Nc1ccc(C(=O)N2CCS(=O)(=O)c3ccccc32)cc1. The molecule has 6 nitrogen and oxygen atoms in total. The van der Waals surface area contributed by atoms with Crippen molar-refractivity contribution < 1.29 is 18.0 Å². The first kappa shape index (κ1) is 16.2. The second kappa shape index (κ2) is 6.09. The van der Waals surface area contributed by atoms with E-state index in [0.29, 0.717) is 16.9 Å². The molecular weight excluding hydrogens is 328 g/mol. The number of nitrogens with one attached hydrogen (secondary N) is 1. The Morgan fingerprint density at radius 3 is 2.38 bits per heavy atom. The number of anilines is 2. The van der Waals surface area contributed by atoms with Crippen molar-refractivity contribution in [3.05, 3.63) is 54.1 Å². The Morgan fingerprint density at radius 2 is 1.71 bits per heavy atom. The lowest BCUT2D eigenvalue weighted by Gasteiger charge is -2.29. The molecule has 1 aliphatic rings. The van der Waals surface area contributed by atoms with E-state index in [9.17, 15) is 18.0 Å². The zero-order valence-corrected chi connectivity index (χ0v) is 13.8. The molecule has 0 saturated carbocycles. The molecule has 24 heavy (non-hydrogen) atoms. The topological polar surface area (TPSA) is 83.6 Å². The van der Waals surface area contributed by atoms with Crippen molar-refractivity contribution in [2.24, 2.45) is 0 Å². The Bertz CT molecular complexity index is 904. The summed E-state index contributed by atoms with van der Waals surface area (Å²) in [6.07, 6.45) is 0. The number of para-hydroxylation sites is 1. The summed E-state index contributed by atoms with van der Waals surface area (Å²) >= 11 is 0. The van der Waals surface area contributed by atoms with Crippen LogP contribution in [0.2, 0.25) is 0 Å². The van der Waals surface area contributed by atoms with E-state index in [1.54, 1.807) is 42.5 Å². The molecular formula is C17H16N2O4S. The summed E-state index contributed by atoms with van der Waals surface area (Å²) in [6, 6.07) is 13.0. The second-order valence-electron chi connectivity index (χ2n) is 5.50. The van der Waals surface area contributed by atoms with Gasteiger partial charge in [-0.2, -0.15) is 0 Å². The first-order valence-corrected chi connectivity index (χ1v) is 9.05. The van der Waals surface area contributed by atoms with Gasteiger partial charge in [-0.3, -0.25) is 9.59 Å². The Labute approximate surface area is 140 Å². The van der Waals surface area contributed by atoms with E-state index >= 15 is 0 Å².